The van der Waals surface area contributed by atoms with E-state index in [-0.39, 0.29) is 0 Å². The number of pyridine rings is 2. The third-order valence-electron chi connectivity index (χ3n) is 4.30. The Morgan fingerprint density at radius 3 is 1.67 bits per heavy atom. The van der Waals surface area contributed by atoms with Crippen molar-refractivity contribution in [2.24, 2.45) is 0 Å². The maximum absolute atomic E-state index is 5.55. The van der Waals surface area contributed by atoms with E-state index in [0.29, 0.717) is 0 Å². The average molecular weight is 366 g/mol. The summed E-state index contributed by atoms with van der Waals surface area (Å²) in [4.78, 5) is 13.3. The molecular formula is C21H26N4O2. The standard InChI is InChI=1S/C21H26N4O2/c1-3-10-26-20-12-18(14-22-16-20)24-6-5-7-25(9-8-24)19-13-21(17-23-15-19)27-11-4-2/h3-4,10-17H,5-9H2,1-2H3/b10-3+,11-4+. The summed E-state index contributed by atoms with van der Waals surface area (Å²) in [5, 5.41) is 0. The molecule has 0 saturated carbocycles. The van der Waals surface area contributed by atoms with Gasteiger partial charge in [0.05, 0.1) is 48.7 Å². The van der Waals surface area contributed by atoms with Crippen LogP contribution in [0.2, 0.25) is 0 Å². The highest BCUT2D eigenvalue weighted by atomic mass is 16.5. The number of anilines is 2. The summed E-state index contributed by atoms with van der Waals surface area (Å²) >= 11 is 0. The van der Waals surface area contributed by atoms with Gasteiger partial charge in [-0.25, -0.2) is 0 Å². The molecule has 2 aromatic rings. The smallest absolute Gasteiger partial charge is 0.146 e. The Hall–Kier alpha value is -3.02. The number of aromatic nitrogens is 2. The van der Waals surface area contributed by atoms with Crippen molar-refractivity contribution in [1.29, 1.82) is 0 Å². The van der Waals surface area contributed by atoms with Crippen LogP contribution >= 0.6 is 0 Å². The summed E-state index contributed by atoms with van der Waals surface area (Å²) in [6, 6.07) is 4.07. The predicted octanol–water partition coefficient (Wildman–Crippen LogP) is 4.02. The lowest BCUT2D eigenvalue weighted by molar-refractivity contribution is 0.477. The van der Waals surface area contributed by atoms with E-state index in [1.807, 2.05) is 50.5 Å². The van der Waals surface area contributed by atoms with Gasteiger partial charge in [-0.1, -0.05) is 12.2 Å². The van der Waals surface area contributed by atoms with Gasteiger partial charge < -0.3 is 19.3 Å². The van der Waals surface area contributed by atoms with E-state index in [1.54, 1.807) is 24.9 Å². The minimum absolute atomic E-state index is 0.754. The van der Waals surface area contributed by atoms with Gasteiger partial charge in [0.15, 0.2) is 0 Å². The van der Waals surface area contributed by atoms with Crippen molar-refractivity contribution in [3.63, 3.8) is 0 Å². The Balaban J connectivity index is 1.67. The first kappa shape index (κ1) is 18.8. The molecular weight excluding hydrogens is 340 g/mol. The molecule has 0 aliphatic carbocycles. The highest BCUT2D eigenvalue weighted by Crippen LogP contribution is 2.24. The molecule has 0 bridgehead atoms. The Bertz CT molecular complexity index is 726. The fourth-order valence-electron chi connectivity index (χ4n) is 3.02. The minimum Gasteiger partial charge on any atom is -0.464 e. The molecule has 6 heteroatoms. The summed E-state index contributed by atoms with van der Waals surface area (Å²) < 4.78 is 11.1. The van der Waals surface area contributed by atoms with Gasteiger partial charge in [0.2, 0.25) is 0 Å². The average Bonchev–Trinajstić information content (AvgIpc) is 2.97. The normalized spacial score (nSPS) is 15.3. The monoisotopic (exact) mass is 366 g/mol. The van der Waals surface area contributed by atoms with Crippen molar-refractivity contribution in [2.75, 3.05) is 36.0 Å². The van der Waals surface area contributed by atoms with E-state index in [0.717, 1.165) is 55.5 Å². The molecule has 0 spiro atoms. The first-order valence-corrected chi connectivity index (χ1v) is 9.26. The van der Waals surface area contributed by atoms with Gasteiger partial charge >= 0.3 is 0 Å². The maximum atomic E-state index is 5.55. The molecule has 1 saturated heterocycles. The van der Waals surface area contributed by atoms with Crippen LogP contribution in [0.3, 0.4) is 0 Å². The summed E-state index contributed by atoms with van der Waals surface area (Å²) in [6.45, 7) is 7.63. The predicted molar refractivity (Wildman–Crippen MR) is 108 cm³/mol. The Morgan fingerprint density at radius 2 is 1.22 bits per heavy atom. The zero-order valence-corrected chi connectivity index (χ0v) is 15.9. The van der Waals surface area contributed by atoms with Gasteiger partial charge in [0.25, 0.3) is 0 Å². The highest BCUT2D eigenvalue weighted by Gasteiger charge is 2.17. The number of rotatable bonds is 6. The zero-order valence-electron chi connectivity index (χ0n) is 15.9. The number of hydrogen-bond acceptors (Lipinski definition) is 6. The van der Waals surface area contributed by atoms with E-state index in [1.165, 1.54) is 0 Å². The van der Waals surface area contributed by atoms with Gasteiger partial charge in [-0.05, 0) is 20.3 Å². The van der Waals surface area contributed by atoms with Crippen LogP contribution < -0.4 is 19.3 Å². The van der Waals surface area contributed by atoms with E-state index < -0.39 is 0 Å². The van der Waals surface area contributed by atoms with Crippen LogP contribution in [0.4, 0.5) is 11.4 Å². The lowest BCUT2D eigenvalue weighted by Gasteiger charge is -2.24. The molecule has 0 N–H and O–H groups in total. The van der Waals surface area contributed by atoms with Gasteiger partial charge in [0, 0.05) is 38.3 Å². The molecule has 0 atom stereocenters. The molecule has 3 heterocycles. The molecule has 0 aromatic carbocycles. The van der Waals surface area contributed by atoms with Gasteiger partial charge in [-0.3, -0.25) is 9.97 Å². The fourth-order valence-corrected chi connectivity index (χ4v) is 3.02. The van der Waals surface area contributed by atoms with Crippen molar-refractivity contribution >= 4 is 11.4 Å². The second kappa shape index (κ2) is 9.62. The molecule has 0 radical (unpaired) electrons. The maximum Gasteiger partial charge on any atom is 0.146 e. The van der Waals surface area contributed by atoms with Crippen LogP contribution in [-0.4, -0.2) is 36.1 Å². The van der Waals surface area contributed by atoms with Crippen LogP contribution in [0, 0.1) is 0 Å². The SMILES string of the molecule is C/C=C/Oc1cncc(N2CCCN(c3cncc(O/C=C/C)c3)CC2)c1. The number of nitrogens with zero attached hydrogens (tertiary/aromatic N) is 4. The summed E-state index contributed by atoms with van der Waals surface area (Å²) in [6.07, 6.45) is 15.4. The molecule has 0 unspecified atom stereocenters. The van der Waals surface area contributed by atoms with Crippen LogP contribution in [0.15, 0.2) is 61.6 Å². The molecule has 2 aromatic heterocycles. The van der Waals surface area contributed by atoms with Crippen molar-refractivity contribution in [3.8, 4) is 11.5 Å². The van der Waals surface area contributed by atoms with Crippen molar-refractivity contribution in [3.05, 3.63) is 61.6 Å². The number of hydrogen-bond donors (Lipinski definition) is 0. The molecule has 3 rings (SSSR count). The van der Waals surface area contributed by atoms with E-state index in [9.17, 15) is 0 Å². The molecule has 6 nitrogen and oxygen atoms in total. The largest absolute Gasteiger partial charge is 0.464 e. The van der Waals surface area contributed by atoms with Crippen molar-refractivity contribution in [2.45, 2.75) is 20.3 Å². The molecule has 1 aliphatic heterocycles. The minimum atomic E-state index is 0.754. The fraction of sp³-hybridized carbons (Fsp3) is 0.333. The third kappa shape index (κ3) is 5.23. The Morgan fingerprint density at radius 1 is 0.741 bits per heavy atom. The lowest BCUT2D eigenvalue weighted by atomic mass is 10.3. The highest BCUT2D eigenvalue weighted by molar-refractivity contribution is 5.51. The van der Waals surface area contributed by atoms with Gasteiger partial charge in [-0.15, -0.1) is 0 Å². The molecule has 1 fully saturated rings. The number of ether oxygens (including phenoxy) is 2. The first-order valence-electron chi connectivity index (χ1n) is 9.26. The third-order valence-corrected chi connectivity index (χ3v) is 4.30. The quantitative estimate of drug-likeness (QED) is 0.720. The van der Waals surface area contributed by atoms with E-state index >= 15 is 0 Å². The Labute approximate surface area is 160 Å². The van der Waals surface area contributed by atoms with E-state index in [4.69, 9.17) is 9.47 Å². The molecule has 27 heavy (non-hydrogen) atoms. The topological polar surface area (TPSA) is 50.7 Å². The Kier molecular flexibility index (Phi) is 6.68. The summed E-state index contributed by atoms with van der Waals surface area (Å²) in [5.74, 6) is 1.51. The van der Waals surface area contributed by atoms with Crippen LogP contribution in [0.1, 0.15) is 20.3 Å². The van der Waals surface area contributed by atoms with Crippen LogP contribution in [-0.2, 0) is 0 Å². The second-order valence-electron chi connectivity index (χ2n) is 6.26. The molecule has 142 valence electrons. The second-order valence-corrected chi connectivity index (χ2v) is 6.26. The number of allylic oxidation sites excluding steroid dienone is 2. The van der Waals surface area contributed by atoms with E-state index in [2.05, 4.69) is 19.8 Å². The van der Waals surface area contributed by atoms with Gasteiger partial charge in [0.1, 0.15) is 11.5 Å². The van der Waals surface area contributed by atoms with Crippen molar-refractivity contribution < 1.29 is 9.47 Å². The first-order chi connectivity index (χ1) is 13.3. The molecule has 0 amide bonds. The van der Waals surface area contributed by atoms with Crippen molar-refractivity contribution in [1.82, 2.24) is 9.97 Å². The summed E-state index contributed by atoms with van der Waals surface area (Å²) in [5.41, 5.74) is 2.17. The zero-order chi connectivity index (χ0) is 18.9. The van der Waals surface area contributed by atoms with Gasteiger partial charge in [-0.2, -0.15) is 0 Å². The van der Waals surface area contributed by atoms with Crippen LogP contribution in [0.25, 0.3) is 0 Å². The lowest BCUT2D eigenvalue weighted by Crippen LogP contribution is -2.30. The summed E-state index contributed by atoms with van der Waals surface area (Å²) in [7, 11) is 0. The van der Waals surface area contributed by atoms with Crippen LogP contribution in [0.5, 0.6) is 11.5 Å². The molecule has 1 aliphatic rings.